The van der Waals surface area contributed by atoms with Gasteiger partial charge in [-0.25, -0.2) is 4.79 Å². The van der Waals surface area contributed by atoms with Gasteiger partial charge in [-0.15, -0.1) is 0 Å². The summed E-state index contributed by atoms with van der Waals surface area (Å²) in [6.45, 7) is 3.91. The van der Waals surface area contributed by atoms with Gasteiger partial charge in [0.15, 0.2) is 5.84 Å². The molecule has 0 spiro atoms. The smallest absolute Gasteiger partial charge is 0.319 e. The lowest BCUT2D eigenvalue weighted by atomic mass is 10.2. The lowest BCUT2D eigenvalue weighted by Gasteiger charge is -2.12. The third kappa shape index (κ3) is 3.97. The number of nitrogens with two attached hydrogens (primary N) is 1. The number of hydrogen-bond acceptors (Lipinski definition) is 3. The zero-order valence-corrected chi connectivity index (χ0v) is 10.5. The molecule has 0 heterocycles. The molecule has 0 aromatic heterocycles. The molecule has 0 fully saturated rings. The summed E-state index contributed by atoms with van der Waals surface area (Å²) in [4.78, 5) is 11.6. The molecule has 1 unspecified atom stereocenters. The Labute approximate surface area is 106 Å². The van der Waals surface area contributed by atoms with E-state index in [-0.39, 0.29) is 17.9 Å². The van der Waals surface area contributed by atoms with Gasteiger partial charge in [-0.05, 0) is 25.5 Å². The normalized spacial score (nSPS) is 12.9. The summed E-state index contributed by atoms with van der Waals surface area (Å²) in [6, 6.07) is 6.59. The van der Waals surface area contributed by atoms with Gasteiger partial charge in [0.2, 0.25) is 0 Å². The minimum absolute atomic E-state index is 0.000911. The second kappa shape index (κ2) is 6.48. The molecule has 1 atom stereocenters. The Morgan fingerprint density at radius 1 is 1.56 bits per heavy atom. The van der Waals surface area contributed by atoms with Crippen LogP contribution in [0.5, 0.6) is 0 Å². The summed E-state index contributed by atoms with van der Waals surface area (Å²) in [5.74, 6) is 0.000911. The van der Waals surface area contributed by atoms with E-state index in [1.807, 2.05) is 13.8 Å². The van der Waals surface area contributed by atoms with Gasteiger partial charge in [0.05, 0.1) is 0 Å². The van der Waals surface area contributed by atoms with E-state index in [1.165, 1.54) is 0 Å². The summed E-state index contributed by atoms with van der Waals surface area (Å²) in [5.41, 5.74) is 6.59. The molecule has 18 heavy (non-hydrogen) atoms. The second-order valence-electron chi connectivity index (χ2n) is 3.97. The van der Waals surface area contributed by atoms with Crippen LogP contribution in [0.15, 0.2) is 29.4 Å². The number of nitrogens with zero attached hydrogens (tertiary/aromatic N) is 1. The maximum absolute atomic E-state index is 11.6. The SMILES string of the molecule is CCC(C)NC(=O)Nc1cccc(/C(N)=N/O)c1. The molecular weight excluding hydrogens is 232 g/mol. The Morgan fingerprint density at radius 2 is 2.28 bits per heavy atom. The number of amidine groups is 1. The van der Waals surface area contributed by atoms with E-state index in [1.54, 1.807) is 24.3 Å². The summed E-state index contributed by atoms with van der Waals surface area (Å²) < 4.78 is 0. The van der Waals surface area contributed by atoms with Crippen LogP contribution < -0.4 is 16.4 Å². The predicted molar refractivity (Wildman–Crippen MR) is 70.9 cm³/mol. The first-order valence-electron chi connectivity index (χ1n) is 5.72. The number of anilines is 1. The number of carbonyl (C=O) groups excluding carboxylic acids is 1. The second-order valence-corrected chi connectivity index (χ2v) is 3.97. The van der Waals surface area contributed by atoms with Crippen LogP contribution in [0.4, 0.5) is 10.5 Å². The first-order valence-corrected chi connectivity index (χ1v) is 5.72. The molecule has 1 aromatic carbocycles. The van der Waals surface area contributed by atoms with Crippen molar-refractivity contribution in [1.29, 1.82) is 0 Å². The van der Waals surface area contributed by atoms with Crippen LogP contribution in [0.2, 0.25) is 0 Å². The van der Waals surface area contributed by atoms with Crippen molar-refractivity contribution in [2.75, 3.05) is 5.32 Å². The minimum atomic E-state index is -0.277. The van der Waals surface area contributed by atoms with Crippen LogP contribution in [-0.2, 0) is 0 Å². The summed E-state index contributed by atoms with van der Waals surface area (Å²) in [5, 5.41) is 16.9. The molecule has 0 radical (unpaired) electrons. The van der Waals surface area contributed by atoms with E-state index >= 15 is 0 Å². The van der Waals surface area contributed by atoms with E-state index in [9.17, 15) is 4.79 Å². The maximum atomic E-state index is 11.6. The summed E-state index contributed by atoms with van der Waals surface area (Å²) in [7, 11) is 0. The quantitative estimate of drug-likeness (QED) is 0.283. The molecule has 0 aliphatic rings. The lowest BCUT2D eigenvalue weighted by molar-refractivity contribution is 0.249. The van der Waals surface area contributed by atoms with Gasteiger partial charge in [0.25, 0.3) is 0 Å². The molecule has 6 nitrogen and oxygen atoms in total. The lowest BCUT2D eigenvalue weighted by Crippen LogP contribution is -2.35. The zero-order chi connectivity index (χ0) is 13.5. The average molecular weight is 250 g/mol. The Kier molecular flexibility index (Phi) is 4.98. The van der Waals surface area contributed by atoms with E-state index in [2.05, 4.69) is 15.8 Å². The molecule has 0 bridgehead atoms. The largest absolute Gasteiger partial charge is 0.409 e. The highest BCUT2D eigenvalue weighted by Crippen LogP contribution is 2.10. The first-order chi connectivity index (χ1) is 8.56. The molecule has 0 aliphatic carbocycles. The molecule has 0 saturated heterocycles. The molecule has 0 aliphatic heterocycles. The highest BCUT2D eigenvalue weighted by Gasteiger charge is 2.06. The van der Waals surface area contributed by atoms with Crippen molar-refractivity contribution in [1.82, 2.24) is 5.32 Å². The molecule has 1 rings (SSSR count). The van der Waals surface area contributed by atoms with Crippen LogP contribution in [-0.4, -0.2) is 23.1 Å². The van der Waals surface area contributed by atoms with Crippen molar-refractivity contribution < 1.29 is 10.0 Å². The number of nitrogens with one attached hydrogen (secondary N) is 2. The predicted octanol–water partition coefficient (Wildman–Crippen LogP) is 1.70. The Morgan fingerprint density at radius 3 is 2.89 bits per heavy atom. The van der Waals surface area contributed by atoms with E-state index in [0.717, 1.165) is 6.42 Å². The molecule has 2 amide bonds. The van der Waals surface area contributed by atoms with Gasteiger partial charge in [-0.1, -0.05) is 24.2 Å². The standard InChI is InChI=1S/C12H18N4O2/c1-3-8(2)14-12(17)15-10-6-4-5-9(7-10)11(13)16-18/h4-8,18H,3H2,1-2H3,(H2,13,16)(H2,14,15,17). The number of benzene rings is 1. The minimum Gasteiger partial charge on any atom is -0.409 e. The van der Waals surface area contributed by atoms with Gasteiger partial charge in [0, 0.05) is 17.3 Å². The third-order valence-corrected chi connectivity index (χ3v) is 2.51. The molecule has 5 N–H and O–H groups in total. The average Bonchev–Trinajstić information content (AvgIpc) is 2.37. The molecule has 6 heteroatoms. The third-order valence-electron chi connectivity index (χ3n) is 2.51. The highest BCUT2D eigenvalue weighted by atomic mass is 16.4. The maximum Gasteiger partial charge on any atom is 0.319 e. The van der Waals surface area contributed by atoms with Crippen molar-refractivity contribution in [2.24, 2.45) is 10.9 Å². The van der Waals surface area contributed by atoms with Crippen LogP contribution in [0, 0.1) is 0 Å². The summed E-state index contributed by atoms with van der Waals surface area (Å²) >= 11 is 0. The van der Waals surface area contributed by atoms with E-state index in [4.69, 9.17) is 10.9 Å². The summed E-state index contributed by atoms with van der Waals surface area (Å²) in [6.07, 6.45) is 0.859. The van der Waals surface area contributed by atoms with E-state index in [0.29, 0.717) is 11.3 Å². The fourth-order valence-electron chi connectivity index (χ4n) is 1.31. The number of carbonyl (C=O) groups is 1. The van der Waals surface area contributed by atoms with Crippen LogP contribution in [0.25, 0.3) is 0 Å². The number of hydrogen-bond donors (Lipinski definition) is 4. The highest BCUT2D eigenvalue weighted by molar-refractivity contribution is 5.99. The number of urea groups is 1. The van der Waals surface area contributed by atoms with Crippen molar-refractivity contribution in [3.05, 3.63) is 29.8 Å². The Hall–Kier alpha value is -2.24. The van der Waals surface area contributed by atoms with Gasteiger partial charge in [-0.3, -0.25) is 0 Å². The monoisotopic (exact) mass is 250 g/mol. The first kappa shape index (κ1) is 13.8. The fourth-order valence-corrected chi connectivity index (χ4v) is 1.31. The number of rotatable bonds is 4. The van der Waals surface area contributed by atoms with Crippen LogP contribution in [0.3, 0.4) is 0 Å². The Balaban J connectivity index is 2.71. The fraction of sp³-hybridized carbons (Fsp3) is 0.333. The number of oxime groups is 1. The number of amides is 2. The Bertz CT molecular complexity index is 445. The van der Waals surface area contributed by atoms with Crippen molar-refractivity contribution >= 4 is 17.6 Å². The van der Waals surface area contributed by atoms with Gasteiger partial charge >= 0.3 is 6.03 Å². The molecule has 0 saturated carbocycles. The zero-order valence-electron chi connectivity index (χ0n) is 10.5. The van der Waals surface area contributed by atoms with Crippen LogP contribution in [0.1, 0.15) is 25.8 Å². The van der Waals surface area contributed by atoms with Gasteiger partial charge < -0.3 is 21.6 Å². The van der Waals surface area contributed by atoms with Crippen molar-refractivity contribution in [2.45, 2.75) is 26.3 Å². The van der Waals surface area contributed by atoms with Gasteiger partial charge in [0.1, 0.15) is 0 Å². The molecular formula is C12H18N4O2. The van der Waals surface area contributed by atoms with E-state index < -0.39 is 0 Å². The molecule has 1 aromatic rings. The van der Waals surface area contributed by atoms with Crippen LogP contribution >= 0.6 is 0 Å². The topological polar surface area (TPSA) is 99.7 Å². The molecule has 98 valence electrons. The van der Waals surface area contributed by atoms with Gasteiger partial charge in [-0.2, -0.15) is 0 Å². The van der Waals surface area contributed by atoms with Crippen molar-refractivity contribution in [3.63, 3.8) is 0 Å². The van der Waals surface area contributed by atoms with Crippen molar-refractivity contribution in [3.8, 4) is 0 Å².